The molecule has 1 heterocycles. The third-order valence-electron chi connectivity index (χ3n) is 12.1. The highest BCUT2D eigenvalue weighted by Gasteiger charge is 2.43. The Morgan fingerprint density at radius 1 is 0.379 bits per heavy atom. The lowest BCUT2D eigenvalue weighted by molar-refractivity contribution is 0.638. The number of nitrogens with zero attached hydrogens (tertiary/aromatic N) is 1. The molecule has 0 fully saturated rings. The van der Waals surface area contributed by atoms with Crippen LogP contribution < -0.4 is 4.90 Å². The summed E-state index contributed by atoms with van der Waals surface area (Å²) in [6.07, 6.45) is 0. The van der Waals surface area contributed by atoms with Crippen molar-refractivity contribution in [1.29, 1.82) is 0 Å². The highest BCUT2D eigenvalue weighted by molar-refractivity contribution is 6.15. The maximum atomic E-state index is 7.09. The van der Waals surface area contributed by atoms with Crippen LogP contribution in [-0.4, -0.2) is 0 Å². The number of furan rings is 1. The first kappa shape index (κ1) is 33.9. The van der Waals surface area contributed by atoms with Gasteiger partial charge in [0, 0.05) is 27.7 Å². The topological polar surface area (TPSA) is 16.4 Å². The van der Waals surface area contributed by atoms with Crippen molar-refractivity contribution in [3.63, 3.8) is 0 Å². The smallest absolute Gasteiger partial charge is 0.141 e. The number of rotatable bonds is 7. The maximum Gasteiger partial charge on any atom is 0.141 e. The lowest BCUT2D eigenvalue weighted by Crippen LogP contribution is -2.23. The summed E-state index contributed by atoms with van der Waals surface area (Å²) >= 11 is 0. The van der Waals surface area contributed by atoms with Crippen molar-refractivity contribution in [2.45, 2.75) is 12.3 Å². The normalized spacial score (nSPS) is 12.7. The lowest BCUT2D eigenvalue weighted by atomic mass is 9.73. The number of anilines is 3. The summed E-state index contributed by atoms with van der Waals surface area (Å²) in [4.78, 5) is 2.43. The summed E-state index contributed by atoms with van der Waals surface area (Å²) in [6.45, 7) is 2.37. The van der Waals surface area contributed by atoms with E-state index in [1.165, 1.54) is 44.5 Å². The molecular weight excluding hydrogens is 703 g/mol. The van der Waals surface area contributed by atoms with E-state index in [0.29, 0.717) is 0 Å². The van der Waals surface area contributed by atoms with E-state index in [2.05, 4.69) is 230 Å². The Morgan fingerprint density at radius 3 is 1.45 bits per heavy atom. The molecular formula is C56H39NO. The molecule has 10 aromatic rings. The zero-order valence-electron chi connectivity index (χ0n) is 32.1. The predicted molar refractivity (Wildman–Crippen MR) is 242 cm³/mol. The summed E-state index contributed by atoms with van der Waals surface area (Å²) in [6, 6.07) is 78.9. The van der Waals surface area contributed by atoms with Crippen LogP contribution >= 0.6 is 0 Å². The summed E-state index contributed by atoms with van der Waals surface area (Å²) in [5, 5.41) is 2.18. The van der Waals surface area contributed by atoms with Crippen molar-refractivity contribution in [3.05, 3.63) is 235 Å². The Kier molecular flexibility index (Phi) is 7.97. The molecule has 1 aromatic heterocycles. The highest BCUT2D eigenvalue weighted by Crippen LogP contribution is 2.56. The molecule has 0 amide bonds. The Labute approximate surface area is 338 Å². The van der Waals surface area contributed by atoms with E-state index in [1.54, 1.807) is 0 Å². The molecule has 11 rings (SSSR count). The van der Waals surface area contributed by atoms with Crippen molar-refractivity contribution in [2.24, 2.45) is 0 Å². The lowest BCUT2D eigenvalue weighted by Gasteiger charge is -2.31. The Morgan fingerprint density at radius 2 is 0.862 bits per heavy atom. The largest absolute Gasteiger partial charge is 0.456 e. The zero-order valence-corrected chi connectivity index (χ0v) is 32.1. The molecule has 0 saturated carbocycles. The SMILES string of the molecule is CC1(c2ccc(N(c3ccc(-c4ccccc4)cc3)c3cc(-c4ccccc4)cc(-c4ccccc4)c3)c3c2oc2ccccc23)c2ccccc2-c2ccccc21. The van der Waals surface area contributed by atoms with Crippen molar-refractivity contribution in [2.75, 3.05) is 4.90 Å². The minimum atomic E-state index is -0.437. The zero-order chi connectivity index (χ0) is 38.6. The molecule has 0 saturated heterocycles. The summed E-state index contributed by atoms with van der Waals surface area (Å²) in [5.41, 5.74) is 17.8. The summed E-state index contributed by atoms with van der Waals surface area (Å²) in [7, 11) is 0. The van der Waals surface area contributed by atoms with Crippen LogP contribution in [0.4, 0.5) is 17.1 Å². The van der Waals surface area contributed by atoms with Gasteiger partial charge in [-0.2, -0.15) is 0 Å². The van der Waals surface area contributed by atoms with Crippen LogP contribution in [0.1, 0.15) is 23.6 Å². The molecule has 2 nitrogen and oxygen atoms in total. The molecule has 1 aliphatic carbocycles. The van der Waals surface area contributed by atoms with Crippen LogP contribution in [0.5, 0.6) is 0 Å². The molecule has 1 aliphatic rings. The number of hydrogen-bond donors (Lipinski definition) is 0. The van der Waals surface area contributed by atoms with Gasteiger partial charge < -0.3 is 9.32 Å². The predicted octanol–water partition coefficient (Wildman–Crippen LogP) is 15.4. The van der Waals surface area contributed by atoms with Gasteiger partial charge in [-0.15, -0.1) is 0 Å². The first-order valence-corrected chi connectivity index (χ1v) is 20.0. The van der Waals surface area contributed by atoms with Gasteiger partial charge in [-0.05, 0) is 105 Å². The number of para-hydroxylation sites is 1. The molecule has 58 heavy (non-hydrogen) atoms. The molecule has 0 unspecified atom stereocenters. The average molecular weight is 742 g/mol. The Hall–Kier alpha value is -7.42. The minimum absolute atomic E-state index is 0.437. The fourth-order valence-electron chi connectivity index (χ4n) is 9.33. The molecule has 0 spiro atoms. The first-order valence-electron chi connectivity index (χ1n) is 20.0. The monoisotopic (exact) mass is 741 g/mol. The van der Waals surface area contributed by atoms with Gasteiger partial charge in [0.05, 0.1) is 11.1 Å². The van der Waals surface area contributed by atoms with Crippen LogP contribution in [0.15, 0.2) is 223 Å². The highest BCUT2D eigenvalue weighted by atomic mass is 16.3. The van der Waals surface area contributed by atoms with E-state index >= 15 is 0 Å². The van der Waals surface area contributed by atoms with E-state index in [9.17, 15) is 0 Å². The van der Waals surface area contributed by atoms with Crippen molar-refractivity contribution in [1.82, 2.24) is 0 Å². The molecule has 0 atom stereocenters. The minimum Gasteiger partial charge on any atom is -0.456 e. The van der Waals surface area contributed by atoms with Crippen molar-refractivity contribution in [3.8, 4) is 44.5 Å². The molecule has 0 N–H and O–H groups in total. The molecule has 2 heteroatoms. The van der Waals surface area contributed by atoms with Gasteiger partial charge in [0.2, 0.25) is 0 Å². The molecule has 9 aromatic carbocycles. The molecule has 0 bridgehead atoms. The standard InChI is InChI=1S/C56H39NO/c1-56(49-26-14-11-23-46(49)47-24-12-15-27-50(47)56)51-33-34-52(54-48-25-13-16-28-53(48)58-55(51)54)57(44-31-29-41(30-32-44)38-17-5-2-6-18-38)45-36-42(39-19-7-3-8-20-39)35-43(37-45)40-21-9-4-10-22-40/h2-37H,1H3. The Balaban J connectivity index is 1.20. The van der Waals surface area contributed by atoms with Gasteiger partial charge >= 0.3 is 0 Å². The molecule has 0 aliphatic heterocycles. The van der Waals surface area contributed by atoms with E-state index in [-0.39, 0.29) is 0 Å². The van der Waals surface area contributed by atoms with E-state index < -0.39 is 5.41 Å². The quantitative estimate of drug-likeness (QED) is 0.162. The first-order chi connectivity index (χ1) is 28.6. The molecule has 0 radical (unpaired) electrons. The van der Waals surface area contributed by atoms with Gasteiger partial charge in [-0.25, -0.2) is 0 Å². The van der Waals surface area contributed by atoms with E-state index in [1.807, 2.05) is 0 Å². The average Bonchev–Trinajstić information content (AvgIpc) is 3.82. The second kappa shape index (κ2) is 13.7. The second-order valence-corrected chi connectivity index (χ2v) is 15.4. The van der Waals surface area contributed by atoms with Gasteiger partial charge in [0.1, 0.15) is 11.2 Å². The van der Waals surface area contributed by atoms with Crippen LogP contribution in [-0.2, 0) is 5.41 Å². The number of benzene rings is 9. The van der Waals surface area contributed by atoms with Gasteiger partial charge in [-0.3, -0.25) is 0 Å². The fraction of sp³-hybridized carbons (Fsp3) is 0.0357. The Bertz CT molecular complexity index is 3000. The van der Waals surface area contributed by atoms with Crippen molar-refractivity contribution < 1.29 is 4.42 Å². The summed E-state index contributed by atoms with van der Waals surface area (Å²) < 4.78 is 7.09. The number of hydrogen-bond acceptors (Lipinski definition) is 2. The van der Waals surface area contributed by atoms with Gasteiger partial charge in [0.25, 0.3) is 0 Å². The number of fused-ring (bicyclic) bond motifs is 6. The third-order valence-corrected chi connectivity index (χ3v) is 12.1. The van der Waals surface area contributed by atoms with Crippen LogP contribution in [0, 0.1) is 0 Å². The second-order valence-electron chi connectivity index (χ2n) is 15.4. The van der Waals surface area contributed by atoms with Crippen molar-refractivity contribution >= 4 is 39.0 Å². The third kappa shape index (κ3) is 5.41. The van der Waals surface area contributed by atoms with Gasteiger partial charge in [-0.1, -0.05) is 176 Å². The summed E-state index contributed by atoms with van der Waals surface area (Å²) in [5.74, 6) is 0. The molecule has 274 valence electrons. The van der Waals surface area contributed by atoms with Crippen LogP contribution in [0.3, 0.4) is 0 Å². The van der Waals surface area contributed by atoms with E-state index in [0.717, 1.165) is 55.7 Å². The fourth-order valence-corrected chi connectivity index (χ4v) is 9.33. The van der Waals surface area contributed by atoms with Crippen LogP contribution in [0.25, 0.3) is 66.4 Å². The van der Waals surface area contributed by atoms with Crippen LogP contribution in [0.2, 0.25) is 0 Å². The van der Waals surface area contributed by atoms with E-state index in [4.69, 9.17) is 4.42 Å². The maximum absolute atomic E-state index is 7.09. The van der Waals surface area contributed by atoms with Gasteiger partial charge in [0.15, 0.2) is 0 Å².